The van der Waals surface area contributed by atoms with E-state index >= 15 is 0 Å². The molecule has 2 aromatic heterocycles. The monoisotopic (exact) mass is 266 g/mol. The Balaban J connectivity index is 2.02. The van der Waals surface area contributed by atoms with Gasteiger partial charge in [-0.2, -0.15) is 0 Å². The normalized spacial score (nSPS) is 14.5. The van der Waals surface area contributed by atoms with E-state index in [-0.39, 0.29) is 12.1 Å². The van der Waals surface area contributed by atoms with Crippen molar-refractivity contribution in [1.82, 2.24) is 10.3 Å². The van der Waals surface area contributed by atoms with E-state index in [0.29, 0.717) is 0 Å². The molecule has 0 amide bonds. The minimum atomic E-state index is 0.275. The number of aromatic nitrogens is 1. The van der Waals surface area contributed by atoms with Crippen LogP contribution >= 0.6 is 22.9 Å². The number of nitrogens with zero attached hydrogens (tertiary/aromatic N) is 1. The minimum absolute atomic E-state index is 0.275. The molecule has 2 aromatic rings. The molecule has 0 radical (unpaired) electrons. The van der Waals surface area contributed by atoms with Gasteiger partial charge < -0.3 is 5.32 Å². The van der Waals surface area contributed by atoms with Gasteiger partial charge >= 0.3 is 0 Å². The Labute approximate surface area is 111 Å². The lowest BCUT2D eigenvalue weighted by Gasteiger charge is -2.19. The summed E-state index contributed by atoms with van der Waals surface area (Å²) < 4.78 is 0.836. The van der Waals surface area contributed by atoms with E-state index in [1.54, 1.807) is 17.5 Å². The van der Waals surface area contributed by atoms with Gasteiger partial charge in [0.1, 0.15) is 0 Å². The van der Waals surface area contributed by atoms with Gasteiger partial charge in [-0.05, 0) is 42.5 Å². The lowest BCUT2D eigenvalue weighted by molar-refractivity contribution is 0.494. The number of nitrogens with one attached hydrogen (secondary N) is 1. The van der Waals surface area contributed by atoms with E-state index in [9.17, 15) is 0 Å². The molecule has 0 bridgehead atoms. The van der Waals surface area contributed by atoms with Crippen LogP contribution in [-0.4, -0.2) is 4.98 Å². The van der Waals surface area contributed by atoms with Crippen LogP contribution in [0.15, 0.2) is 36.0 Å². The maximum absolute atomic E-state index is 5.94. The van der Waals surface area contributed by atoms with Crippen molar-refractivity contribution >= 4 is 22.9 Å². The predicted molar refractivity (Wildman–Crippen MR) is 73.5 cm³/mol. The smallest absolute Gasteiger partial charge is 0.0931 e. The first kappa shape index (κ1) is 12.6. The first-order valence-corrected chi connectivity index (χ1v) is 6.82. The van der Waals surface area contributed by atoms with E-state index < -0.39 is 0 Å². The molecule has 2 nitrogen and oxygen atoms in total. The van der Waals surface area contributed by atoms with Crippen molar-refractivity contribution in [2.24, 2.45) is 0 Å². The Morgan fingerprint density at radius 3 is 2.65 bits per heavy atom. The molecule has 0 aliphatic heterocycles. The summed E-state index contributed by atoms with van der Waals surface area (Å²) in [4.78, 5) is 4.13. The molecular weight excluding hydrogens is 252 g/mol. The molecule has 0 aliphatic rings. The summed E-state index contributed by atoms with van der Waals surface area (Å²) in [5.41, 5.74) is 2.43. The van der Waals surface area contributed by atoms with Crippen LogP contribution in [0.3, 0.4) is 0 Å². The summed E-state index contributed by atoms with van der Waals surface area (Å²) in [5.74, 6) is 0. The third kappa shape index (κ3) is 3.28. The fraction of sp³-hybridized carbons (Fsp3) is 0.308. The fourth-order valence-electron chi connectivity index (χ4n) is 1.75. The van der Waals surface area contributed by atoms with Crippen LogP contribution in [0.2, 0.25) is 4.34 Å². The molecule has 90 valence electrons. The van der Waals surface area contributed by atoms with E-state index in [0.717, 1.165) is 4.34 Å². The molecule has 2 heterocycles. The van der Waals surface area contributed by atoms with Crippen LogP contribution in [0.25, 0.3) is 0 Å². The fourth-order valence-corrected chi connectivity index (χ4v) is 2.73. The first-order valence-electron chi connectivity index (χ1n) is 5.56. The van der Waals surface area contributed by atoms with Crippen LogP contribution in [0.1, 0.15) is 37.1 Å². The molecule has 0 saturated heterocycles. The Kier molecular flexibility index (Phi) is 4.15. The maximum atomic E-state index is 5.94. The van der Waals surface area contributed by atoms with Crippen LogP contribution in [-0.2, 0) is 0 Å². The van der Waals surface area contributed by atoms with Crippen molar-refractivity contribution in [2.75, 3.05) is 0 Å². The van der Waals surface area contributed by atoms with E-state index in [4.69, 9.17) is 11.6 Å². The molecule has 0 aliphatic carbocycles. The van der Waals surface area contributed by atoms with Gasteiger partial charge in [0.15, 0.2) is 0 Å². The lowest BCUT2D eigenvalue weighted by atomic mass is 10.1. The number of rotatable bonds is 4. The van der Waals surface area contributed by atoms with Crippen LogP contribution in [0.4, 0.5) is 0 Å². The van der Waals surface area contributed by atoms with Crippen molar-refractivity contribution in [3.8, 4) is 0 Å². The zero-order valence-corrected chi connectivity index (χ0v) is 11.4. The van der Waals surface area contributed by atoms with Crippen molar-refractivity contribution in [1.29, 1.82) is 0 Å². The molecule has 1 N–H and O–H groups in total. The number of hydrogen-bond donors (Lipinski definition) is 1. The number of halogens is 1. The first-order chi connectivity index (χ1) is 8.16. The van der Waals surface area contributed by atoms with E-state index in [1.807, 2.05) is 18.3 Å². The van der Waals surface area contributed by atoms with Gasteiger partial charge in [-0.25, -0.2) is 0 Å². The zero-order valence-electron chi connectivity index (χ0n) is 9.85. The second kappa shape index (κ2) is 5.63. The molecule has 2 rings (SSSR count). The van der Waals surface area contributed by atoms with Gasteiger partial charge in [0.05, 0.1) is 4.34 Å². The molecule has 0 saturated carbocycles. The summed E-state index contributed by atoms with van der Waals surface area (Å²) in [6.07, 6.45) is 3.68. The molecule has 0 spiro atoms. The standard InChI is InChI=1S/C13H15ClN2S/c1-9(11-4-3-5-15-7-11)16-10(2)12-6-13(14)17-8-12/h3-10,16H,1-2H3. The third-order valence-corrected chi connectivity index (χ3v) is 3.88. The van der Waals surface area contributed by atoms with Crippen molar-refractivity contribution < 1.29 is 0 Å². The highest BCUT2D eigenvalue weighted by Crippen LogP contribution is 2.26. The van der Waals surface area contributed by atoms with Crippen LogP contribution in [0, 0.1) is 0 Å². The molecule has 0 fully saturated rings. The van der Waals surface area contributed by atoms with Gasteiger partial charge in [-0.1, -0.05) is 17.7 Å². The summed E-state index contributed by atoms with van der Waals surface area (Å²) in [6.45, 7) is 4.28. The van der Waals surface area contributed by atoms with Crippen molar-refractivity contribution in [2.45, 2.75) is 25.9 Å². The molecule has 4 heteroatoms. The average Bonchev–Trinajstić information content (AvgIpc) is 2.77. The molecule has 17 heavy (non-hydrogen) atoms. The minimum Gasteiger partial charge on any atom is -0.304 e. The van der Waals surface area contributed by atoms with Gasteiger partial charge in [0, 0.05) is 24.5 Å². The maximum Gasteiger partial charge on any atom is 0.0931 e. The van der Waals surface area contributed by atoms with Gasteiger partial charge in [0.25, 0.3) is 0 Å². The Bertz CT molecular complexity index is 469. The predicted octanol–water partition coefficient (Wildman–Crippen LogP) is 4.21. The third-order valence-electron chi connectivity index (χ3n) is 2.77. The van der Waals surface area contributed by atoms with Gasteiger partial charge in [0.2, 0.25) is 0 Å². The quantitative estimate of drug-likeness (QED) is 0.897. The number of pyridine rings is 1. The highest BCUT2D eigenvalue weighted by atomic mass is 35.5. The van der Waals surface area contributed by atoms with Crippen LogP contribution < -0.4 is 5.32 Å². The van der Waals surface area contributed by atoms with Gasteiger partial charge in [-0.15, -0.1) is 11.3 Å². The SMILES string of the molecule is CC(NC(C)c1csc(Cl)c1)c1cccnc1. The second-order valence-corrected chi connectivity index (χ2v) is 5.62. The topological polar surface area (TPSA) is 24.9 Å². The molecular formula is C13H15ClN2S. The largest absolute Gasteiger partial charge is 0.304 e. The molecule has 2 atom stereocenters. The Morgan fingerprint density at radius 2 is 2.06 bits per heavy atom. The molecule has 0 aromatic carbocycles. The van der Waals surface area contributed by atoms with E-state index in [2.05, 4.69) is 35.6 Å². The highest BCUT2D eigenvalue weighted by Gasteiger charge is 2.12. The second-order valence-electron chi connectivity index (χ2n) is 4.08. The van der Waals surface area contributed by atoms with Crippen molar-refractivity contribution in [3.05, 3.63) is 51.4 Å². The lowest BCUT2D eigenvalue weighted by Crippen LogP contribution is -2.22. The van der Waals surface area contributed by atoms with Crippen LogP contribution in [0.5, 0.6) is 0 Å². The van der Waals surface area contributed by atoms with Crippen molar-refractivity contribution in [3.63, 3.8) is 0 Å². The summed E-state index contributed by atoms with van der Waals surface area (Å²) in [6, 6.07) is 6.61. The highest BCUT2D eigenvalue weighted by molar-refractivity contribution is 7.14. The summed E-state index contributed by atoms with van der Waals surface area (Å²) in [7, 11) is 0. The zero-order chi connectivity index (χ0) is 12.3. The molecule has 2 unspecified atom stereocenters. The number of thiophene rings is 1. The Hall–Kier alpha value is -0.900. The average molecular weight is 267 g/mol. The number of hydrogen-bond acceptors (Lipinski definition) is 3. The van der Waals surface area contributed by atoms with Gasteiger partial charge in [-0.3, -0.25) is 4.98 Å². The summed E-state index contributed by atoms with van der Waals surface area (Å²) >= 11 is 7.51. The van der Waals surface area contributed by atoms with E-state index in [1.165, 1.54) is 11.1 Å². The summed E-state index contributed by atoms with van der Waals surface area (Å²) in [5, 5.41) is 5.63. The Morgan fingerprint density at radius 1 is 1.29 bits per heavy atom.